The summed E-state index contributed by atoms with van der Waals surface area (Å²) in [7, 11) is -4.16. The van der Waals surface area contributed by atoms with E-state index >= 15 is 0 Å². The molecule has 1 heterocycles. The fourth-order valence-electron chi connectivity index (χ4n) is 2.20. The lowest BCUT2D eigenvalue weighted by Crippen LogP contribution is -2.18. The predicted molar refractivity (Wildman–Crippen MR) is 85.5 cm³/mol. The van der Waals surface area contributed by atoms with Gasteiger partial charge in [0.1, 0.15) is 22.9 Å². The molecule has 0 radical (unpaired) electrons. The highest BCUT2D eigenvalue weighted by atomic mass is 32.2. The highest BCUT2D eigenvalue weighted by Crippen LogP contribution is 2.31. The third kappa shape index (κ3) is 4.41. The van der Waals surface area contributed by atoms with Crippen molar-refractivity contribution in [2.24, 2.45) is 5.14 Å². The second-order valence-electron chi connectivity index (χ2n) is 5.31. The Kier molecular flexibility index (Phi) is 4.61. The van der Waals surface area contributed by atoms with Gasteiger partial charge in [-0.3, -0.25) is 0 Å². The van der Waals surface area contributed by atoms with Crippen molar-refractivity contribution in [3.8, 4) is 22.7 Å². The van der Waals surface area contributed by atoms with Gasteiger partial charge in [-0.15, -0.1) is 5.10 Å². The summed E-state index contributed by atoms with van der Waals surface area (Å²) in [6, 6.07) is 7.60. The van der Waals surface area contributed by atoms with E-state index in [-0.39, 0.29) is 17.1 Å². The molecule has 2 aromatic carbocycles. The van der Waals surface area contributed by atoms with Crippen molar-refractivity contribution >= 4 is 10.3 Å². The molecule has 1 aromatic heterocycles. The molecule has 0 aliphatic heterocycles. The second-order valence-corrected chi connectivity index (χ2v) is 6.47. The molecule has 0 unspecified atom stereocenters. The maximum atomic E-state index is 14.0. The lowest BCUT2D eigenvalue weighted by molar-refractivity contribution is -0.137. The third-order valence-electron chi connectivity index (χ3n) is 3.38. The first kappa shape index (κ1) is 18.8. The molecular weight excluding hydrogens is 392 g/mol. The maximum Gasteiger partial charge on any atom is 0.416 e. The van der Waals surface area contributed by atoms with Gasteiger partial charge in [-0.2, -0.15) is 26.7 Å². The summed E-state index contributed by atoms with van der Waals surface area (Å²) in [6.45, 7) is 0. The van der Waals surface area contributed by atoms with Gasteiger partial charge in [0.2, 0.25) is 0 Å². The van der Waals surface area contributed by atoms with Crippen LogP contribution in [0.25, 0.3) is 16.9 Å². The molecule has 0 aliphatic carbocycles. The number of aromatic nitrogens is 3. The van der Waals surface area contributed by atoms with Crippen LogP contribution < -0.4 is 9.32 Å². The normalized spacial score (nSPS) is 12.2. The topological polar surface area (TPSA) is 100 Å². The van der Waals surface area contributed by atoms with E-state index in [0.717, 1.165) is 16.8 Å². The quantitative estimate of drug-likeness (QED) is 0.677. The van der Waals surface area contributed by atoms with E-state index in [9.17, 15) is 26.0 Å². The van der Waals surface area contributed by atoms with Crippen LogP contribution in [0.4, 0.5) is 17.6 Å². The Morgan fingerprint density at radius 3 is 2.30 bits per heavy atom. The number of hydrogen-bond acceptors (Lipinski definition) is 5. The maximum absolute atomic E-state index is 14.0. The van der Waals surface area contributed by atoms with Gasteiger partial charge in [-0.05, 0) is 42.5 Å². The lowest BCUT2D eigenvalue weighted by atomic mass is 10.1. The second kappa shape index (κ2) is 6.63. The van der Waals surface area contributed by atoms with Gasteiger partial charge >= 0.3 is 16.5 Å². The van der Waals surface area contributed by atoms with Crippen LogP contribution in [0.2, 0.25) is 0 Å². The first-order chi connectivity index (χ1) is 12.5. The molecule has 0 spiro atoms. The molecule has 0 saturated carbocycles. The number of nitrogens with zero attached hydrogens (tertiary/aromatic N) is 3. The molecule has 0 saturated heterocycles. The van der Waals surface area contributed by atoms with Crippen LogP contribution in [0.3, 0.4) is 0 Å². The van der Waals surface area contributed by atoms with E-state index < -0.39 is 27.9 Å². The van der Waals surface area contributed by atoms with Gasteiger partial charge in [0.05, 0.1) is 11.8 Å². The highest BCUT2D eigenvalue weighted by molar-refractivity contribution is 7.84. The van der Waals surface area contributed by atoms with Crippen LogP contribution in [0.5, 0.6) is 5.75 Å². The molecule has 0 atom stereocenters. The molecule has 0 aliphatic rings. The fourth-order valence-corrected chi connectivity index (χ4v) is 2.58. The Morgan fingerprint density at radius 1 is 1.07 bits per heavy atom. The average Bonchev–Trinajstić information content (AvgIpc) is 3.03. The lowest BCUT2D eigenvalue weighted by Gasteiger charge is -2.08. The number of rotatable bonds is 4. The predicted octanol–water partition coefficient (Wildman–Crippen LogP) is 2.67. The van der Waals surface area contributed by atoms with E-state index in [1.165, 1.54) is 30.5 Å². The molecular formula is C15H10F4N4O3S. The molecule has 2 N–H and O–H groups in total. The first-order valence-electron chi connectivity index (χ1n) is 7.15. The Labute approximate surface area is 150 Å². The molecule has 0 fully saturated rings. The standard InChI is InChI=1S/C15H10F4N4O3S/c16-12-7-10(15(17,18)19)3-6-14(12)23-8-13(21-22-23)9-1-4-11(5-2-9)26-27(20,24)25/h1-8H,(H2,20,24,25). The van der Waals surface area contributed by atoms with E-state index in [4.69, 9.17) is 5.14 Å². The zero-order valence-electron chi connectivity index (χ0n) is 13.2. The third-order valence-corrected chi connectivity index (χ3v) is 3.80. The van der Waals surface area contributed by atoms with Crippen LogP contribution in [0.15, 0.2) is 48.7 Å². The minimum absolute atomic E-state index is 0.0255. The van der Waals surface area contributed by atoms with Gasteiger partial charge in [-0.1, -0.05) is 5.21 Å². The highest BCUT2D eigenvalue weighted by Gasteiger charge is 2.31. The van der Waals surface area contributed by atoms with E-state index in [1.807, 2.05) is 0 Å². The Balaban J connectivity index is 1.87. The molecule has 7 nitrogen and oxygen atoms in total. The summed E-state index contributed by atoms with van der Waals surface area (Å²) in [5.41, 5.74) is -0.572. The van der Waals surface area contributed by atoms with E-state index in [1.54, 1.807) is 0 Å². The number of hydrogen-bond donors (Lipinski definition) is 1. The van der Waals surface area contributed by atoms with Crippen molar-refractivity contribution in [3.05, 3.63) is 60.0 Å². The zero-order valence-corrected chi connectivity index (χ0v) is 14.0. The summed E-state index contributed by atoms with van der Waals surface area (Å²) < 4.78 is 79.0. The number of nitrogens with two attached hydrogens (primary N) is 1. The van der Waals surface area contributed by atoms with Gasteiger partial charge < -0.3 is 4.18 Å². The first-order valence-corrected chi connectivity index (χ1v) is 8.62. The van der Waals surface area contributed by atoms with Crippen LogP contribution in [-0.2, 0) is 16.5 Å². The molecule has 142 valence electrons. The Bertz CT molecular complexity index is 1080. The molecule has 27 heavy (non-hydrogen) atoms. The number of benzene rings is 2. The van der Waals surface area contributed by atoms with Gasteiger partial charge in [0, 0.05) is 5.56 Å². The number of halogens is 4. The van der Waals surface area contributed by atoms with Gasteiger partial charge in [0.15, 0.2) is 0 Å². The molecule has 12 heteroatoms. The summed E-state index contributed by atoms with van der Waals surface area (Å²) in [5, 5.41) is 12.3. The van der Waals surface area contributed by atoms with Gasteiger partial charge in [-0.25, -0.2) is 9.07 Å². The van der Waals surface area contributed by atoms with Crippen LogP contribution >= 0.6 is 0 Å². The molecule has 3 rings (SSSR count). The van der Waals surface area contributed by atoms with Crippen molar-refractivity contribution < 1.29 is 30.2 Å². The summed E-state index contributed by atoms with van der Waals surface area (Å²) in [6.07, 6.45) is -3.35. The summed E-state index contributed by atoms with van der Waals surface area (Å²) >= 11 is 0. The van der Waals surface area contributed by atoms with Crippen LogP contribution in [0, 0.1) is 5.82 Å². The van der Waals surface area contributed by atoms with Crippen LogP contribution in [0.1, 0.15) is 5.56 Å². The van der Waals surface area contributed by atoms with Gasteiger partial charge in [0.25, 0.3) is 0 Å². The summed E-state index contributed by atoms with van der Waals surface area (Å²) in [5.74, 6) is -1.14. The van der Waals surface area contributed by atoms with E-state index in [2.05, 4.69) is 14.5 Å². The smallest absolute Gasteiger partial charge is 0.371 e. The van der Waals surface area contributed by atoms with Crippen molar-refractivity contribution in [2.45, 2.75) is 6.18 Å². The molecule has 0 amide bonds. The Hall–Kier alpha value is -2.99. The number of alkyl halides is 3. The molecule has 3 aromatic rings. The minimum Gasteiger partial charge on any atom is -0.371 e. The fraction of sp³-hybridized carbons (Fsp3) is 0.0667. The van der Waals surface area contributed by atoms with Crippen molar-refractivity contribution in [1.82, 2.24) is 15.0 Å². The van der Waals surface area contributed by atoms with Crippen molar-refractivity contribution in [1.29, 1.82) is 0 Å². The van der Waals surface area contributed by atoms with E-state index in [0.29, 0.717) is 11.6 Å². The zero-order chi connectivity index (χ0) is 19.8. The Morgan fingerprint density at radius 2 is 1.74 bits per heavy atom. The summed E-state index contributed by atoms with van der Waals surface area (Å²) in [4.78, 5) is 0. The molecule has 0 bridgehead atoms. The van der Waals surface area contributed by atoms with Crippen LogP contribution in [-0.4, -0.2) is 23.4 Å². The van der Waals surface area contributed by atoms with Crippen molar-refractivity contribution in [3.63, 3.8) is 0 Å². The average molecular weight is 402 g/mol. The SMILES string of the molecule is NS(=O)(=O)Oc1ccc(-c2cn(-c3ccc(C(F)(F)F)cc3F)nn2)cc1. The minimum atomic E-state index is -4.66. The monoisotopic (exact) mass is 402 g/mol. The van der Waals surface area contributed by atoms with Crippen molar-refractivity contribution in [2.75, 3.05) is 0 Å². The largest absolute Gasteiger partial charge is 0.416 e.